The maximum atomic E-state index is 15.5. The second kappa shape index (κ2) is 8.58. The number of pyridine rings is 2. The summed E-state index contributed by atoms with van der Waals surface area (Å²) < 4.78 is 24.2. The molecule has 0 radical (unpaired) electrons. The van der Waals surface area contributed by atoms with Crippen molar-refractivity contribution in [1.29, 1.82) is 0 Å². The third kappa shape index (κ3) is 4.49. The Kier molecular flexibility index (Phi) is 6.08. The molecule has 198 valence electrons. The van der Waals surface area contributed by atoms with Crippen LogP contribution in [0.15, 0.2) is 23.1 Å². The Morgan fingerprint density at radius 1 is 1.27 bits per heavy atom. The molecule has 3 aromatic rings. The molecule has 37 heavy (non-hydrogen) atoms. The Morgan fingerprint density at radius 2 is 1.95 bits per heavy atom. The van der Waals surface area contributed by atoms with Crippen LogP contribution in [-0.4, -0.2) is 28.9 Å². The lowest BCUT2D eigenvalue weighted by molar-refractivity contribution is 0.0472. The van der Waals surface area contributed by atoms with E-state index in [4.69, 9.17) is 4.43 Å². The quantitative estimate of drug-likeness (QED) is 0.341. The van der Waals surface area contributed by atoms with E-state index in [9.17, 15) is 14.7 Å². The lowest BCUT2D eigenvalue weighted by atomic mass is 9.75. The largest absolute Gasteiger partial charge is 0.477 e. The van der Waals surface area contributed by atoms with Crippen LogP contribution in [0.25, 0.3) is 21.6 Å². The van der Waals surface area contributed by atoms with Crippen LogP contribution < -0.4 is 5.43 Å². The van der Waals surface area contributed by atoms with E-state index in [1.165, 1.54) is 23.1 Å². The summed E-state index contributed by atoms with van der Waals surface area (Å²) in [4.78, 5) is 31.0. The summed E-state index contributed by atoms with van der Waals surface area (Å²) in [7, 11) is -2.07. The Hall–Kier alpha value is -2.36. The van der Waals surface area contributed by atoms with Gasteiger partial charge in [0.25, 0.3) is 0 Å². The van der Waals surface area contributed by atoms with Gasteiger partial charge in [-0.1, -0.05) is 34.6 Å². The molecule has 1 saturated carbocycles. The molecule has 2 aliphatic rings. The molecule has 6 nitrogen and oxygen atoms in total. The number of hydrogen-bond acceptors (Lipinski definition) is 5. The van der Waals surface area contributed by atoms with Gasteiger partial charge in [0, 0.05) is 17.1 Å². The number of carbonyl (C=O) groups is 1. The van der Waals surface area contributed by atoms with Crippen LogP contribution in [0.4, 0.5) is 4.39 Å². The number of fused-ring (bicyclic) bond motifs is 2. The molecule has 1 N–H and O–H groups in total. The first-order valence-electron chi connectivity index (χ1n) is 12.9. The highest BCUT2D eigenvalue weighted by atomic mass is 32.1. The van der Waals surface area contributed by atoms with Gasteiger partial charge in [0.05, 0.1) is 16.4 Å². The van der Waals surface area contributed by atoms with Crippen molar-refractivity contribution in [3.8, 4) is 10.6 Å². The van der Waals surface area contributed by atoms with E-state index >= 15 is 4.39 Å². The fourth-order valence-electron chi connectivity index (χ4n) is 4.81. The minimum Gasteiger partial charge on any atom is -0.477 e. The molecular weight excluding hydrogens is 507 g/mol. The number of nitrogens with zero attached hydrogens (tertiary/aromatic N) is 2. The monoisotopic (exact) mass is 542 g/mol. The van der Waals surface area contributed by atoms with Gasteiger partial charge in [-0.25, -0.2) is 14.2 Å². The van der Waals surface area contributed by atoms with E-state index in [0.29, 0.717) is 10.5 Å². The molecular formula is C28H35FN2O4SSi. The van der Waals surface area contributed by atoms with Crippen molar-refractivity contribution >= 4 is 36.7 Å². The smallest absolute Gasteiger partial charge is 0.341 e. The van der Waals surface area contributed by atoms with E-state index in [1.54, 1.807) is 4.57 Å². The predicted octanol–water partition coefficient (Wildman–Crippen LogP) is 7.33. The van der Waals surface area contributed by atoms with E-state index in [-0.39, 0.29) is 39.2 Å². The summed E-state index contributed by atoms with van der Waals surface area (Å²) in [5.41, 5.74) is 0.604. The van der Waals surface area contributed by atoms with Gasteiger partial charge in [-0.15, -0.1) is 11.3 Å². The lowest BCUT2D eigenvalue weighted by Crippen LogP contribution is -2.45. The minimum atomic E-state index is -2.07. The maximum Gasteiger partial charge on any atom is 0.341 e. The zero-order chi connectivity index (χ0) is 27.1. The van der Waals surface area contributed by atoms with Crippen molar-refractivity contribution in [1.82, 2.24) is 9.55 Å². The van der Waals surface area contributed by atoms with Crippen LogP contribution in [0.1, 0.15) is 86.8 Å². The summed E-state index contributed by atoms with van der Waals surface area (Å²) in [6.45, 7) is 15.7. The van der Waals surface area contributed by atoms with Crippen molar-refractivity contribution in [2.75, 3.05) is 0 Å². The van der Waals surface area contributed by atoms with Crippen LogP contribution in [0.3, 0.4) is 0 Å². The summed E-state index contributed by atoms with van der Waals surface area (Å²) >= 11 is 1.53. The minimum absolute atomic E-state index is 0.00893. The summed E-state index contributed by atoms with van der Waals surface area (Å²) in [5.74, 6) is -1.93. The van der Waals surface area contributed by atoms with Gasteiger partial charge in [-0.2, -0.15) is 0 Å². The van der Waals surface area contributed by atoms with Gasteiger partial charge in [0.1, 0.15) is 16.9 Å². The molecule has 0 saturated heterocycles. The van der Waals surface area contributed by atoms with E-state index in [0.717, 1.165) is 36.6 Å². The maximum absolute atomic E-state index is 15.5. The van der Waals surface area contributed by atoms with E-state index < -0.39 is 25.5 Å². The molecule has 5 rings (SSSR count). The molecule has 2 aliphatic carbocycles. The molecule has 0 aliphatic heterocycles. The molecule has 0 amide bonds. The molecule has 0 bridgehead atoms. The normalized spacial score (nSPS) is 19.7. The number of aryl methyl sites for hydroxylation is 1. The van der Waals surface area contributed by atoms with Gasteiger partial charge in [0.2, 0.25) is 5.43 Å². The van der Waals surface area contributed by atoms with Crippen molar-refractivity contribution < 1.29 is 18.7 Å². The number of hydrogen-bond donors (Lipinski definition) is 1. The zero-order valence-corrected chi connectivity index (χ0v) is 24.4. The van der Waals surface area contributed by atoms with Crippen LogP contribution in [0.5, 0.6) is 0 Å². The number of rotatable bonds is 5. The van der Waals surface area contributed by atoms with Crippen LogP contribution >= 0.6 is 11.3 Å². The first-order valence-corrected chi connectivity index (χ1v) is 16.6. The van der Waals surface area contributed by atoms with Gasteiger partial charge in [-0.05, 0) is 66.9 Å². The molecule has 9 heteroatoms. The number of carboxylic acid groups (broad SMARTS) is 1. The van der Waals surface area contributed by atoms with Gasteiger partial charge in [0.15, 0.2) is 14.1 Å². The molecule has 1 fully saturated rings. The first kappa shape index (κ1) is 26.3. The highest BCUT2D eigenvalue weighted by Gasteiger charge is 2.46. The highest BCUT2D eigenvalue weighted by Crippen LogP contribution is 2.53. The average molecular weight is 543 g/mol. The predicted molar refractivity (Wildman–Crippen MR) is 148 cm³/mol. The lowest BCUT2D eigenvalue weighted by Gasteiger charge is -2.46. The Labute approximate surface area is 221 Å². The zero-order valence-electron chi connectivity index (χ0n) is 22.6. The van der Waals surface area contributed by atoms with Crippen LogP contribution in [0.2, 0.25) is 18.1 Å². The first-order chi connectivity index (χ1) is 17.1. The summed E-state index contributed by atoms with van der Waals surface area (Å²) in [5, 5.41) is 9.58. The van der Waals surface area contributed by atoms with Gasteiger partial charge in [-0.3, -0.25) is 4.79 Å². The topological polar surface area (TPSA) is 81.4 Å². The average Bonchev–Trinajstić information content (AvgIpc) is 3.53. The van der Waals surface area contributed by atoms with Crippen molar-refractivity contribution in [3.63, 3.8) is 0 Å². The Morgan fingerprint density at radius 3 is 2.54 bits per heavy atom. The molecule has 3 heterocycles. The Bertz CT molecular complexity index is 1480. The second-order valence-electron chi connectivity index (χ2n) is 12.8. The number of thiophene rings is 1. The highest BCUT2D eigenvalue weighted by molar-refractivity contribution is 7.15. The Balaban J connectivity index is 1.64. The van der Waals surface area contributed by atoms with Crippen LogP contribution in [0, 0.1) is 11.2 Å². The molecule has 0 aromatic carbocycles. The summed E-state index contributed by atoms with van der Waals surface area (Å²) in [6, 6.07) is 3.27. The van der Waals surface area contributed by atoms with E-state index in [2.05, 4.69) is 52.7 Å². The number of halogens is 1. The SMILES string of the molecule is CC1(C)CCc2cc(-c3nc4c(cc3F)c(=O)c(C(=O)O)cn4C3CC3)sc2C1O[Si](C)(C)C(C)(C)C. The summed E-state index contributed by atoms with van der Waals surface area (Å²) in [6.07, 6.45) is 4.90. The molecule has 0 spiro atoms. The van der Waals surface area contributed by atoms with Crippen molar-refractivity contribution in [3.05, 3.63) is 50.4 Å². The van der Waals surface area contributed by atoms with Crippen LogP contribution in [-0.2, 0) is 10.8 Å². The molecule has 1 atom stereocenters. The second-order valence-corrected chi connectivity index (χ2v) is 18.6. The molecule has 1 unspecified atom stereocenters. The standard InChI is InChI=1S/C28H35FN2O4SSi/c1-27(2,3)37(6,7)35-24-23-15(10-11-28(24,4)5)12-20(36-23)21-19(29)13-17-22(32)18(26(33)34)14-31(16-8-9-16)25(17)30-21/h12-14,16,24H,8-11H2,1-7H3,(H,33,34). The third-order valence-electron chi connectivity index (χ3n) is 8.41. The van der Waals surface area contributed by atoms with Crippen molar-refractivity contribution in [2.24, 2.45) is 5.41 Å². The van der Waals surface area contributed by atoms with Crippen molar-refractivity contribution in [2.45, 2.75) is 90.6 Å². The number of aromatic nitrogens is 2. The fraction of sp³-hybridized carbons (Fsp3) is 0.536. The van der Waals surface area contributed by atoms with Gasteiger partial charge >= 0.3 is 5.97 Å². The van der Waals surface area contributed by atoms with E-state index in [1.807, 2.05) is 6.07 Å². The third-order valence-corrected chi connectivity index (χ3v) is 14.1. The fourth-order valence-corrected chi connectivity index (χ4v) is 7.72. The number of aromatic carboxylic acids is 1. The van der Waals surface area contributed by atoms with Gasteiger partial charge < -0.3 is 14.1 Å². The molecule has 3 aromatic heterocycles. The number of carboxylic acids is 1.